The third kappa shape index (κ3) is 3.44. The SMILES string of the molecule is CCCC(CBr)OC. The normalized spacial score (nSPS) is 13.9. The monoisotopic (exact) mass is 180 g/mol. The molecule has 0 aliphatic heterocycles. The van der Waals surface area contributed by atoms with Crippen molar-refractivity contribution in [1.82, 2.24) is 0 Å². The summed E-state index contributed by atoms with van der Waals surface area (Å²) in [5.74, 6) is 0. The summed E-state index contributed by atoms with van der Waals surface area (Å²) >= 11 is 3.35. The lowest BCUT2D eigenvalue weighted by atomic mass is 10.2. The zero-order chi connectivity index (χ0) is 6.41. The Labute approximate surface area is 59.5 Å². The first-order valence-electron chi connectivity index (χ1n) is 2.93. The molecule has 0 bridgehead atoms. The number of alkyl halides is 1. The Morgan fingerprint density at radius 1 is 1.62 bits per heavy atom. The van der Waals surface area contributed by atoms with Crippen molar-refractivity contribution < 1.29 is 4.74 Å². The Hall–Kier alpha value is 0.440. The van der Waals surface area contributed by atoms with Gasteiger partial charge in [0, 0.05) is 12.4 Å². The second-order valence-corrected chi connectivity index (χ2v) is 2.45. The predicted octanol–water partition coefficient (Wildman–Crippen LogP) is 2.20. The van der Waals surface area contributed by atoms with Crippen LogP contribution in [0, 0.1) is 0 Å². The minimum absolute atomic E-state index is 0.417. The molecule has 0 radical (unpaired) electrons. The molecule has 0 N–H and O–H groups in total. The lowest BCUT2D eigenvalue weighted by Crippen LogP contribution is -2.10. The molecule has 0 aliphatic carbocycles. The third-order valence-corrected chi connectivity index (χ3v) is 1.84. The molecule has 0 aromatic carbocycles. The van der Waals surface area contributed by atoms with Crippen LogP contribution in [0.4, 0.5) is 0 Å². The van der Waals surface area contributed by atoms with E-state index >= 15 is 0 Å². The van der Waals surface area contributed by atoms with Crippen molar-refractivity contribution in [3.63, 3.8) is 0 Å². The van der Waals surface area contributed by atoms with Crippen LogP contribution in [0.15, 0.2) is 0 Å². The van der Waals surface area contributed by atoms with Crippen molar-refractivity contribution in [3.05, 3.63) is 0 Å². The minimum atomic E-state index is 0.417. The van der Waals surface area contributed by atoms with Gasteiger partial charge in [-0.1, -0.05) is 29.3 Å². The Morgan fingerprint density at radius 2 is 2.25 bits per heavy atom. The summed E-state index contributed by atoms with van der Waals surface area (Å²) in [6, 6.07) is 0. The molecule has 0 heterocycles. The molecule has 1 atom stereocenters. The van der Waals surface area contributed by atoms with Crippen molar-refractivity contribution in [2.45, 2.75) is 25.9 Å². The Morgan fingerprint density at radius 3 is 2.38 bits per heavy atom. The first-order chi connectivity index (χ1) is 3.85. The fourth-order valence-corrected chi connectivity index (χ4v) is 1.17. The van der Waals surface area contributed by atoms with Gasteiger partial charge in [-0.3, -0.25) is 0 Å². The minimum Gasteiger partial charge on any atom is -0.381 e. The number of methoxy groups -OCH3 is 1. The van der Waals surface area contributed by atoms with E-state index in [-0.39, 0.29) is 0 Å². The van der Waals surface area contributed by atoms with E-state index in [1.807, 2.05) is 0 Å². The van der Waals surface area contributed by atoms with Gasteiger partial charge in [-0.15, -0.1) is 0 Å². The second kappa shape index (κ2) is 5.57. The lowest BCUT2D eigenvalue weighted by Gasteiger charge is -2.08. The summed E-state index contributed by atoms with van der Waals surface area (Å²) in [5.41, 5.74) is 0. The van der Waals surface area contributed by atoms with E-state index in [4.69, 9.17) is 4.74 Å². The van der Waals surface area contributed by atoms with Crippen LogP contribution in [-0.4, -0.2) is 18.5 Å². The average molecular weight is 181 g/mol. The summed E-state index contributed by atoms with van der Waals surface area (Å²) in [4.78, 5) is 0. The van der Waals surface area contributed by atoms with Gasteiger partial charge in [-0.2, -0.15) is 0 Å². The summed E-state index contributed by atoms with van der Waals surface area (Å²) in [6.45, 7) is 2.16. The summed E-state index contributed by atoms with van der Waals surface area (Å²) < 4.78 is 5.09. The highest BCUT2D eigenvalue weighted by atomic mass is 79.9. The Balaban J connectivity index is 3.07. The Bertz CT molecular complexity index is 43.8. The van der Waals surface area contributed by atoms with Crippen LogP contribution in [0.3, 0.4) is 0 Å². The molecule has 2 heteroatoms. The highest BCUT2D eigenvalue weighted by Gasteiger charge is 2.00. The highest BCUT2D eigenvalue weighted by Crippen LogP contribution is 2.02. The fraction of sp³-hybridized carbons (Fsp3) is 1.00. The van der Waals surface area contributed by atoms with Crippen molar-refractivity contribution in [3.8, 4) is 0 Å². The van der Waals surface area contributed by atoms with Crippen molar-refractivity contribution in [2.24, 2.45) is 0 Å². The van der Waals surface area contributed by atoms with Crippen LogP contribution in [0.1, 0.15) is 19.8 Å². The molecule has 1 nitrogen and oxygen atoms in total. The second-order valence-electron chi connectivity index (χ2n) is 1.80. The van der Waals surface area contributed by atoms with Gasteiger partial charge in [0.1, 0.15) is 0 Å². The smallest absolute Gasteiger partial charge is 0.0668 e. The van der Waals surface area contributed by atoms with Gasteiger partial charge >= 0.3 is 0 Å². The van der Waals surface area contributed by atoms with Crippen molar-refractivity contribution in [2.75, 3.05) is 12.4 Å². The molecular weight excluding hydrogens is 168 g/mol. The van der Waals surface area contributed by atoms with Gasteiger partial charge in [0.05, 0.1) is 6.10 Å². The van der Waals surface area contributed by atoms with Gasteiger partial charge in [0.15, 0.2) is 0 Å². The van der Waals surface area contributed by atoms with Crippen LogP contribution in [0.25, 0.3) is 0 Å². The quantitative estimate of drug-likeness (QED) is 0.604. The topological polar surface area (TPSA) is 9.23 Å². The molecule has 1 unspecified atom stereocenters. The zero-order valence-corrected chi connectivity index (χ0v) is 7.07. The molecule has 0 fully saturated rings. The van der Waals surface area contributed by atoms with E-state index in [9.17, 15) is 0 Å². The molecule has 0 aliphatic rings. The number of hydrogen-bond acceptors (Lipinski definition) is 1. The van der Waals surface area contributed by atoms with E-state index in [1.54, 1.807) is 7.11 Å². The molecule has 50 valence electrons. The van der Waals surface area contributed by atoms with E-state index < -0.39 is 0 Å². The van der Waals surface area contributed by atoms with Gasteiger partial charge in [0.2, 0.25) is 0 Å². The molecule has 8 heavy (non-hydrogen) atoms. The molecule has 0 aromatic rings. The first kappa shape index (κ1) is 8.44. The highest BCUT2D eigenvalue weighted by molar-refractivity contribution is 9.09. The summed E-state index contributed by atoms with van der Waals surface area (Å²) in [7, 11) is 1.75. The summed E-state index contributed by atoms with van der Waals surface area (Å²) in [6.07, 6.45) is 2.77. The number of rotatable bonds is 4. The van der Waals surface area contributed by atoms with Crippen LogP contribution < -0.4 is 0 Å². The fourth-order valence-electron chi connectivity index (χ4n) is 0.580. The van der Waals surface area contributed by atoms with Gasteiger partial charge in [-0.05, 0) is 6.42 Å². The van der Waals surface area contributed by atoms with Crippen LogP contribution in [0.2, 0.25) is 0 Å². The van der Waals surface area contributed by atoms with E-state index in [0.29, 0.717) is 6.10 Å². The summed E-state index contributed by atoms with van der Waals surface area (Å²) in [5, 5.41) is 0.956. The number of halogens is 1. The average Bonchev–Trinajstić information content (AvgIpc) is 1.83. The van der Waals surface area contributed by atoms with Crippen LogP contribution >= 0.6 is 15.9 Å². The van der Waals surface area contributed by atoms with Crippen LogP contribution in [0.5, 0.6) is 0 Å². The largest absolute Gasteiger partial charge is 0.381 e. The van der Waals surface area contributed by atoms with Crippen LogP contribution in [-0.2, 0) is 4.74 Å². The predicted molar refractivity (Wildman–Crippen MR) is 39.5 cm³/mol. The van der Waals surface area contributed by atoms with Crippen molar-refractivity contribution >= 4 is 15.9 Å². The van der Waals surface area contributed by atoms with E-state index in [0.717, 1.165) is 11.8 Å². The molecule has 0 saturated carbocycles. The molecule has 0 saturated heterocycles. The maximum Gasteiger partial charge on any atom is 0.0668 e. The van der Waals surface area contributed by atoms with E-state index in [1.165, 1.54) is 6.42 Å². The van der Waals surface area contributed by atoms with E-state index in [2.05, 4.69) is 22.9 Å². The van der Waals surface area contributed by atoms with Gasteiger partial charge < -0.3 is 4.74 Å². The third-order valence-electron chi connectivity index (χ3n) is 1.12. The zero-order valence-electron chi connectivity index (χ0n) is 5.48. The maximum atomic E-state index is 5.09. The van der Waals surface area contributed by atoms with Gasteiger partial charge in [0.25, 0.3) is 0 Å². The van der Waals surface area contributed by atoms with Gasteiger partial charge in [-0.25, -0.2) is 0 Å². The molecule has 0 rings (SSSR count). The molecule has 0 aromatic heterocycles. The Kier molecular flexibility index (Phi) is 5.88. The van der Waals surface area contributed by atoms with Crippen molar-refractivity contribution in [1.29, 1.82) is 0 Å². The maximum absolute atomic E-state index is 5.09. The lowest BCUT2D eigenvalue weighted by molar-refractivity contribution is 0.115. The molecule has 0 spiro atoms. The first-order valence-corrected chi connectivity index (χ1v) is 4.06. The molecule has 0 amide bonds. The number of ether oxygens (including phenoxy) is 1. The number of hydrogen-bond donors (Lipinski definition) is 0. The molecular formula is C6H13BrO. The standard InChI is InChI=1S/C6H13BrO/c1-3-4-6(5-7)8-2/h6H,3-5H2,1-2H3.